The highest BCUT2D eigenvalue weighted by molar-refractivity contribution is 6.17. The van der Waals surface area contributed by atoms with Gasteiger partial charge in [0.05, 0.1) is 13.2 Å². The number of rotatable bonds is 8. The van der Waals surface area contributed by atoms with Crippen LogP contribution in [-0.4, -0.2) is 47.4 Å². The number of aliphatic hydroxyl groups excluding tert-OH is 1. The summed E-state index contributed by atoms with van der Waals surface area (Å²) in [7, 11) is 0. The third-order valence-electron chi connectivity index (χ3n) is 4.28. The average Bonchev–Trinajstić information content (AvgIpc) is 2.96. The standard InChI is InChI=1S/C21H21N3O4/c25-12-11-24-19(26)14-18(21(24)28)23-17-8-4-7-16(13-17)20(27)22-10-9-15-5-2-1-3-6-15/h1-8,13-14,23,25H,9-12H2,(H,22,27). The van der Waals surface area contributed by atoms with Crippen molar-refractivity contribution in [1.29, 1.82) is 0 Å². The molecule has 0 bridgehead atoms. The van der Waals surface area contributed by atoms with E-state index in [0.29, 0.717) is 17.8 Å². The number of hydrogen-bond donors (Lipinski definition) is 3. The Morgan fingerprint density at radius 3 is 2.57 bits per heavy atom. The minimum Gasteiger partial charge on any atom is -0.395 e. The van der Waals surface area contributed by atoms with Gasteiger partial charge in [0.15, 0.2) is 0 Å². The molecular weight excluding hydrogens is 358 g/mol. The molecule has 7 heteroatoms. The Hall–Kier alpha value is -3.45. The third kappa shape index (κ3) is 4.63. The smallest absolute Gasteiger partial charge is 0.277 e. The highest BCUT2D eigenvalue weighted by Crippen LogP contribution is 2.18. The quantitative estimate of drug-likeness (QED) is 0.601. The second-order valence-corrected chi connectivity index (χ2v) is 6.27. The van der Waals surface area contributed by atoms with Gasteiger partial charge in [-0.1, -0.05) is 36.4 Å². The lowest BCUT2D eigenvalue weighted by atomic mass is 10.1. The van der Waals surface area contributed by atoms with Crippen molar-refractivity contribution in [1.82, 2.24) is 10.2 Å². The van der Waals surface area contributed by atoms with E-state index in [0.717, 1.165) is 16.9 Å². The van der Waals surface area contributed by atoms with Gasteiger partial charge in [-0.05, 0) is 30.2 Å². The molecule has 2 aromatic rings. The van der Waals surface area contributed by atoms with Crippen LogP contribution >= 0.6 is 0 Å². The molecule has 0 radical (unpaired) electrons. The van der Waals surface area contributed by atoms with Gasteiger partial charge in [0.25, 0.3) is 17.7 Å². The summed E-state index contributed by atoms with van der Waals surface area (Å²) in [6.07, 6.45) is 1.92. The molecule has 144 valence electrons. The lowest BCUT2D eigenvalue weighted by Gasteiger charge is -2.13. The van der Waals surface area contributed by atoms with Crippen molar-refractivity contribution in [3.63, 3.8) is 0 Å². The fourth-order valence-corrected chi connectivity index (χ4v) is 2.87. The largest absolute Gasteiger partial charge is 0.395 e. The van der Waals surface area contributed by atoms with Crippen LogP contribution in [-0.2, 0) is 16.0 Å². The van der Waals surface area contributed by atoms with E-state index in [4.69, 9.17) is 5.11 Å². The SMILES string of the molecule is O=C(NCCc1ccccc1)c1cccc(NC2=CC(=O)N(CCO)C2=O)c1. The molecule has 1 heterocycles. The van der Waals surface area contributed by atoms with Crippen LogP contribution in [0.25, 0.3) is 0 Å². The molecule has 3 rings (SSSR count). The molecule has 0 atom stereocenters. The summed E-state index contributed by atoms with van der Waals surface area (Å²) in [6.45, 7) is 0.162. The molecule has 0 aliphatic carbocycles. The second-order valence-electron chi connectivity index (χ2n) is 6.27. The van der Waals surface area contributed by atoms with Crippen molar-refractivity contribution in [2.24, 2.45) is 0 Å². The summed E-state index contributed by atoms with van der Waals surface area (Å²) in [6, 6.07) is 16.6. The highest BCUT2D eigenvalue weighted by atomic mass is 16.3. The van der Waals surface area contributed by atoms with Crippen LogP contribution in [0.4, 0.5) is 5.69 Å². The molecule has 0 unspecified atom stereocenters. The molecule has 0 spiro atoms. The zero-order valence-electron chi connectivity index (χ0n) is 15.2. The molecule has 0 fully saturated rings. The summed E-state index contributed by atoms with van der Waals surface area (Å²) in [5.74, 6) is -1.20. The topological polar surface area (TPSA) is 98.7 Å². The van der Waals surface area contributed by atoms with E-state index in [9.17, 15) is 14.4 Å². The predicted molar refractivity (Wildman–Crippen MR) is 104 cm³/mol. The fraction of sp³-hybridized carbons (Fsp3) is 0.190. The van der Waals surface area contributed by atoms with Gasteiger partial charge in [-0.3, -0.25) is 19.3 Å². The molecule has 3 amide bonds. The number of β-amino-alcohol motifs (C(OH)–C–C–N with tert-alkyl or cyclic N) is 1. The van der Waals surface area contributed by atoms with Crippen LogP contribution < -0.4 is 10.6 Å². The first-order valence-electron chi connectivity index (χ1n) is 8.96. The zero-order valence-corrected chi connectivity index (χ0v) is 15.2. The van der Waals surface area contributed by atoms with Crippen molar-refractivity contribution in [2.75, 3.05) is 25.0 Å². The summed E-state index contributed by atoms with van der Waals surface area (Å²) < 4.78 is 0. The first kappa shape index (κ1) is 19.3. The molecule has 3 N–H and O–H groups in total. The summed E-state index contributed by atoms with van der Waals surface area (Å²) >= 11 is 0. The summed E-state index contributed by atoms with van der Waals surface area (Å²) in [5.41, 5.74) is 2.22. The number of amides is 3. The molecule has 1 aliphatic rings. The second kappa shape index (κ2) is 8.96. The Kier molecular flexibility index (Phi) is 6.18. The van der Waals surface area contributed by atoms with Crippen molar-refractivity contribution in [2.45, 2.75) is 6.42 Å². The Morgan fingerprint density at radius 1 is 1.04 bits per heavy atom. The minimum atomic E-state index is -0.503. The number of hydrogen-bond acceptors (Lipinski definition) is 5. The Bertz CT molecular complexity index is 909. The molecular formula is C21H21N3O4. The average molecular weight is 379 g/mol. The van der Waals surface area contributed by atoms with Crippen LogP contribution in [0.5, 0.6) is 0 Å². The lowest BCUT2D eigenvalue weighted by molar-refractivity contribution is -0.137. The molecule has 2 aromatic carbocycles. The Balaban J connectivity index is 1.59. The first-order valence-corrected chi connectivity index (χ1v) is 8.96. The molecule has 0 saturated heterocycles. The summed E-state index contributed by atoms with van der Waals surface area (Å²) in [4.78, 5) is 37.3. The predicted octanol–water partition coefficient (Wildman–Crippen LogP) is 1.32. The molecule has 7 nitrogen and oxygen atoms in total. The lowest BCUT2D eigenvalue weighted by Crippen LogP contribution is -2.34. The number of aliphatic hydroxyl groups is 1. The normalized spacial score (nSPS) is 13.5. The number of carbonyl (C=O) groups is 3. The van der Waals surface area contributed by atoms with E-state index in [1.54, 1.807) is 24.3 Å². The maximum atomic E-state index is 12.4. The van der Waals surface area contributed by atoms with E-state index in [1.807, 2.05) is 30.3 Å². The van der Waals surface area contributed by atoms with Gasteiger partial charge >= 0.3 is 0 Å². The van der Waals surface area contributed by atoms with Crippen molar-refractivity contribution >= 4 is 23.4 Å². The van der Waals surface area contributed by atoms with Gasteiger partial charge < -0.3 is 15.7 Å². The van der Waals surface area contributed by atoms with Gasteiger partial charge in [0, 0.05) is 23.9 Å². The monoisotopic (exact) mass is 379 g/mol. The molecule has 0 aromatic heterocycles. The van der Waals surface area contributed by atoms with Crippen LogP contribution in [0, 0.1) is 0 Å². The minimum absolute atomic E-state index is 0.0524. The van der Waals surface area contributed by atoms with Gasteiger partial charge in [0.1, 0.15) is 5.70 Å². The number of imide groups is 1. The zero-order chi connectivity index (χ0) is 19.9. The van der Waals surface area contributed by atoms with Crippen LogP contribution in [0.3, 0.4) is 0 Å². The van der Waals surface area contributed by atoms with Gasteiger partial charge in [-0.2, -0.15) is 0 Å². The van der Waals surface area contributed by atoms with Gasteiger partial charge in [-0.25, -0.2) is 0 Å². The Labute approximate surface area is 162 Å². The molecule has 1 aliphatic heterocycles. The Morgan fingerprint density at radius 2 is 1.82 bits per heavy atom. The van der Waals surface area contributed by atoms with Crippen molar-refractivity contribution in [3.8, 4) is 0 Å². The number of nitrogens with one attached hydrogen (secondary N) is 2. The fourth-order valence-electron chi connectivity index (χ4n) is 2.87. The highest BCUT2D eigenvalue weighted by Gasteiger charge is 2.30. The van der Waals surface area contributed by atoms with Crippen molar-refractivity contribution in [3.05, 3.63) is 77.5 Å². The summed E-state index contributed by atoms with van der Waals surface area (Å²) in [5, 5.41) is 14.7. The van der Waals surface area contributed by atoms with E-state index < -0.39 is 11.8 Å². The van der Waals surface area contributed by atoms with Crippen LogP contribution in [0.15, 0.2) is 66.4 Å². The molecule has 0 saturated carbocycles. The van der Waals surface area contributed by atoms with E-state index in [1.165, 1.54) is 6.08 Å². The number of benzene rings is 2. The number of carbonyl (C=O) groups excluding carboxylic acids is 3. The number of nitrogens with zero attached hydrogens (tertiary/aromatic N) is 1. The third-order valence-corrected chi connectivity index (χ3v) is 4.28. The van der Waals surface area contributed by atoms with Crippen molar-refractivity contribution < 1.29 is 19.5 Å². The van der Waals surface area contributed by atoms with Crippen LogP contribution in [0.1, 0.15) is 15.9 Å². The molecule has 28 heavy (non-hydrogen) atoms. The first-order chi connectivity index (χ1) is 13.6. The number of anilines is 1. The van der Waals surface area contributed by atoms with Gasteiger partial charge in [-0.15, -0.1) is 0 Å². The van der Waals surface area contributed by atoms with E-state index in [2.05, 4.69) is 10.6 Å². The van der Waals surface area contributed by atoms with E-state index >= 15 is 0 Å². The maximum absolute atomic E-state index is 12.4. The van der Waals surface area contributed by atoms with Crippen LogP contribution in [0.2, 0.25) is 0 Å². The maximum Gasteiger partial charge on any atom is 0.277 e. The van der Waals surface area contributed by atoms with Gasteiger partial charge in [0.2, 0.25) is 0 Å². The van der Waals surface area contributed by atoms with E-state index in [-0.39, 0.29) is 24.8 Å².